The zero-order valence-electron chi connectivity index (χ0n) is 19.6. The maximum atomic E-state index is 13.1. The summed E-state index contributed by atoms with van der Waals surface area (Å²) in [6, 6.07) is 14.5. The molecule has 31 heavy (non-hydrogen) atoms. The van der Waals surface area contributed by atoms with E-state index in [9.17, 15) is 9.59 Å². The van der Waals surface area contributed by atoms with Crippen LogP contribution in [0.5, 0.6) is 11.5 Å². The van der Waals surface area contributed by atoms with Crippen LogP contribution in [0, 0.1) is 0 Å². The highest BCUT2D eigenvalue weighted by atomic mass is 28.4. The smallest absolute Gasteiger partial charge is 0.193 e. The molecule has 0 heterocycles. The number of rotatable bonds is 10. The Morgan fingerprint density at radius 2 is 1.42 bits per heavy atom. The van der Waals surface area contributed by atoms with Crippen LogP contribution in [0.15, 0.2) is 48.5 Å². The lowest BCUT2D eigenvalue weighted by atomic mass is 9.87. The molecule has 0 N–H and O–H groups in total. The molecule has 6 heteroatoms. The molecule has 2 aromatic carbocycles. The number of carbonyl (C=O) groups excluding carboxylic acids is 2. The Morgan fingerprint density at radius 3 is 1.84 bits per heavy atom. The highest BCUT2D eigenvalue weighted by Crippen LogP contribution is 2.39. The van der Waals surface area contributed by atoms with Crippen LogP contribution in [0.25, 0.3) is 0 Å². The number of aldehydes is 1. The SMILES string of the molecule is COc1ccc(C(=O)C[C@@H](c2ccc(OC)cc2)[C@@H](C=O)O[Si](C)(C)C(C)(C)C)cc1. The van der Waals surface area contributed by atoms with Crippen molar-refractivity contribution in [1.29, 1.82) is 0 Å². The Bertz CT molecular complexity index is 866. The van der Waals surface area contributed by atoms with Gasteiger partial charge in [-0.15, -0.1) is 0 Å². The molecule has 0 spiro atoms. The zero-order valence-corrected chi connectivity index (χ0v) is 20.6. The summed E-state index contributed by atoms with van der Waals surface area (Å²) < 4.78 is 16.9. The molecule has 0 aromatic heterocycles. The van der Waals surface area contributed by atoms with Crippen LogP contribution in [0.4, 0.5) is 0 Å². The van der Waals surface area contributed by atoms with Crippen molar-refractivity contribution in [2.75, 3.05) is 14.2 Å². The standard InChI is InChI=1S/C25H34O5Si/c1-25(2,3)31(6,7)30-24(17-26)22(18-8-12-20(28-4)13-9-18)16-23(27)19-10-14-21(29-5)15-11-19/h8-15,17,22,24H,16H2,1-7H3/t22-,24+/m0/s1. The van der Waals surface area contributed by atoms with Gasteiger partial charge in [-0.1, -0.05) is 32.9 Å². The lowest BCUT2D eigenvalue weighted by Crippen LogP contribution is -2.46. The number of carbonyl (C=O) groups is 2. The molecule has 0 aliphatic heterocycles. The summed E-state index contributed by atoms with van der Waals surface area (Å²) in [5, 5.41) is -0.0568. The number of methoxy groups -OCH3 is 2. The highest BCUT2D eigenvalue weighted by molar-refractivity contribution is 6.74. The van der Waals surface area contributed by atoms with Crippen molar-refractivity contribution < 1.29 is 23.5 Å². The van der Waals surface area contributed by atoms with Gasteiger partial charge in [-0.25, -0.2) is 0 Å². The van der Waals surface area contributed by atoms with Crippen molar-refractivity contribution in [2.24, 2.45) is 0 Å². The highest BCUT2D eigenvalue weighted by Gasteiger charge is 2.41. The van der Waals surface area contributed by atoms with Crippen LogP contribution in [0.1, 0.15) is 49.0 Å². The summed E-state index contributed by atoms with van der Waals surface area (Å²) in [6.07, 6.45) is 0.296. The molecule has 168 valence electrons. The Morgan fingerprint density at radius 1 is 0.935 bits per heavy atom. The van der Waals surface area contributed by atoms with Gasteiger partial charge >= 0.3 is 0 Å². The van der Waals surface area contributed by atoms with E-state index in [2.05, 4.69) is 33.9 Å². The van der Waals surface area contributed by atoms with E-state index in [0.717, 1.165) is 17.6 Å². The van der Waals surface area contributed by atoms with Gasteiger partial charge in [0.15, 0.2) is 14.1 Å². The van der Waals surface area contributed by atoms with Crippen molar-refractivity contribution in [3.8, 4) is 11.5 Å². The van der Waals surface area contributed by atoms with Gasteiger partial charge in [0, 0.05) is 17.9 Å². The van der Waals surface area contributed by atoms with Gasteiger partial charge in [0.2, 0.25) is 0 Å². The molecule has 0 amide bonds. The van der Waals surface area contributed by atoms with Gasteiger partial charge < -0.3 is 18.7 Å². The van der Waals surface area contributed by atoms with E-state index in [4.69, 9.17) is 13.9 Å². The second-order valence-corrected chi connectivity index (χ2v) is 14.0. The molecule has 5 nitrogen and oxygen atoms in total. The summed E-state index contributed by atoms with van der Waals surface area (Å²) in [5.41, 5.74) is 1.45. The maximum absolute atomic E-state index is 13.1. The van der Waals surface area contributed by atoms with Crippen LogP contribution in [-0.2, 0) is 9.22 Å². The quantitative estimate of drug-likeness (QED) is 0.270. The average molecular weight is 443 g/mol. The minimum absolute atomic E-state index is 0.0471. The number of hydrogen-bond donors (Lipinski definition) is 0. The molecule has 0 bridgehead atoms. The molecule has 2 atom stereocenters. The molecular weight excluding hydrogens is 408 g/mol. The monoisotopic (exact) mass is 442 g/mol. The van der Waals surface area contributed by atoms with Crippen molar-refractivity contribution in [2.45, 2.75) is 57.3 Å². The van der Waals surface area contributed by atoms with Gasteiger partial charge in [0.25, 0.3) is 0 Å². The number of hydrogen-bond acceptors (Lipinski definition) is 5. The fourth-order valence-corrected chi connectivity index (χ4v) is 4.34. The molecular formula is C25H34O5Si. The number of Topliss-reactive ketones (excluding diaryl/α,β-unsaturated/α-hetero) is 1. The van der Waals surface area contributed by atoms with Crippen molar-refractivity contribution in [1.82, 2.24) is 0 Å². The Hall–Kier alpha value is -2.44. The molecule has 0 fully saturated rings. The van der Waals surface area contributed by atoms with Gasteiger partial charge in [-0.05, 0) is 60.1 Å². The normalized spacial score (nSPS) is 13.9. The maximum Gasteiger partial charge on any atom is 0.193 e. The van der Waals surface area contributed by atoms with Crippen molar-refractivity contribution >= 4 is 20.4 Å². The Kier molecular flexibility index (Phi) is 8.20. The third-order valence-corrected chi connectivity index (χ3v) is 10.6. The van der Waals surface area contributed by atoms with Crippen LogP contribution >= 0.6 is 0 Å². The first-order valence-corrected chi connectivity index (χ1v) is 13.4. The predicted octanol–water partition coefficient (Wildman–Crippen LogP) is 5.65. The third-order valence-electron chi connectivity index (χ3n) is 6.13. The van der Waals surface area contributed by atoms with Crippen LogP contribution in [0.3, 0.4) is 0 Å². The molecule has 2 rings (SSSR count). The topological polar surface area (TPSA) is 61.8 Å². The fourth-order valence-electron chi connectivity index (χ4n) is 3.09. The molecule has 0 radical (unpaired) electrons. The number of ether oxygens (including phenoxy) is 2. The van der Waals surface area contributed by atoms with Gasteiger partial charge in [-0.3, -0.25) is 4.79 Å². The Labute approximate surface area is 186 Å². The summed E-state index contributed by atoms with van der Waals surface area (Å²) in [7, 11) is 0.963. The lowest BCUT2D eigenvalue weighted by molar-refractivity contribution is -0.115. The summed E-state index contributed by atoms with van der Waals surface area (Å²) >= 11 is 0. The second kappa shape index (κ2) is 10.2. The van der Waals surface area contributed by atoms with E-state index in [1.165, 1.54) is 0 Å². The van der Waals surface area contributed by atoms with Gasteiger partial charge in [0.1, 0.15) is 23.9 Å². The van der Waals surface area contributed by atoms with E-state index < -0.39 is 20.3 Å². The van der Waals surface area contributed by atoms with Gasteiger partial charge in [-0.2, -0.15) is 0 Å². The lowest BCUT2D eigenvalue weighted by Gasteiger charge is -2.40. The first-order chi connectivity index (χ1) is 14.5. The molecule has 0 unspecified atom stereocenters. The first-order valence-electron chi connectivity index (χ1n) is 10.5. The fraction of sp³-hybridized carbons (Fsp3) is 0.440. The zero-order chi connectivity index (χ0) is 23.2. The molecule has 0 aliphatic carbocycles. The molecule has 0 saturated heterocycles. The van der Waals surface area contributed by atoms with E-state index in [-0.39, 0.29) is 17.2 Å². The first kappa shape index (κ1) is 24.8. The summed E-state index contributed by atoms with van der Waals surface area (Å²) in [6.45, 7) is 10.6. The van der Waals surface area contributed by atoms with Crippen LogP contribution < -0.4 is 9.47 Å². The third kappa shape index (κ3) is 6.28. The molecule has 0 aliphatic rings. The van der Waals surface area contributed by atoms with E-state index in [1.54, 1.807) is 38.5 Å². The van der Waals surface area contributed by atoms with E-state index in [0.29, 0.717) is 11.3 Å². The van der Waals surface area contributed by atoms with Crippen molar-refractivity contribution in [3.05, 3.63) is 59.7 Å². The number of ketones is 1. The minimum Gasteiger partial charge on any atom is -0.497 e. The largest absolute Gasteiger partial charge is 0.497 e. The van der Waals surface area contributed by atoms with Gasteiger partial charge in [0.05, 0.1) is 14.2 Å². The second-order valence-electron chi connectivity index (χ2n) is 9.21. The van der Waals surface area contributed by atoms with Crippen LogP contribution in [0.2, 0.25) is 18.1 Å². The van der Waals surface area contributed by atoms with Crippen LogP contribution in [-0.4, -0.2) is 40.7 Å². The molecule has 2 aromatic rings. The average Bonchev–Trinajstić information content (AvgIpc) is 2.75. The summed E-state index contributed by atoms with van der Waals surface area (Å²) in [4.78, 5) is 25.3. The Balaban J connectivity index is 2.38. The minimum atomic E-state index is -2.23. The van der Waals surface area contributed by atoms with E-state index in [1.807, 2.05) is 24.3 Å². The summed E-state index contributed by atoms with van der Waals surface area (Å²) in [5.74, 6) is 0.966. The predicted molar refractivity (Wildman–Crippen MR) is 126 cm³/mol. The van der Waals surface area contributed by atoms with E-state index >= 15 is 0 Å². The number of benzene rings is 2. The van der Waals surface area contributed by atoms with Crippen molar-refractivity contribution in [3.63, 3.8) is 0 Å². The molecule has 0 saturated carbocycles.